The third kappa shape index (κ3) is 3.98. The first kappa shape index (κ1) is 22.3. The summed E-state index contributed by atoms with van der Waals surface area (Å²) >= 11 is 0. The highest BCUT2D eigenvalue weighted by Crippen LogP contribution is 2.40. The Morgan fingerprint density at radius 1 is 1.12 bits per heavy atom. The van der Waals surface area contributed by atoms with E-state index in [4.69, 9.17) is 9.47 Å². The molecule has 2 aromatic heterocycles. The van der Waals surface area contributed by atoms with Crippen LogP contribution in [0.2, 0.25) is 0 Å². The SMILES string of the molecule is CCOc1cccc(-c2cn([C@@H]3O[C@H](C)[C@@H](O)[C@H]3O)c3ncnc(Nc4ccc(F)cc4)c23)c1. The van der Waals surface area contributed by atoms with E-state index < -0.39 is 24.5 Å². The molecule has 1 aliphatic rings. The Kier molecular flexibility index (Phi) is 5.91. The van der Waals surface area contributed by atoms with Crippen molar-refractivity contribution in [2.75, 3.05) is 11.9 Å². The van der Waals surface area contributed by atoms with Crippen molar-refractivity contribution in [1.82, 2.24) is 14.5 Å². The number of hydrogen-bond donors (Lipinski definition) is 3. The van der Waals surface area contributed by atoms with Crippen LogP contribution in [-0.2, 0) is 4.74 Å². The van der Waals surface area contributed by atoms with Crippen LogP contribution < -0.4 is 10.1 Å². The fraction of sp³-hybridized carbons (Fsp3) is 0.280. The van der Waals surface area contributed by atoms with Gasteiger partial charge in [-0.05, 0) is 55.8 Å². The molecule has 4 atom stereocenters. The largest absolute Gasteiger partial charge is 0.494 e. The topological polar surface area (TPSA) is 102 Å². The molecule has 0 unspecified atom stereocenters. The van der Waals surface area contributed by atoms with Crippen LogP contribution in [0.5, 0.6) is 5.75 Å². The Bertz CT molecular complexity index is 1310. The fourth-order valence-corrected chi connectivity index (χ4v) is 4.24. The Morgan fingerprint density at radius 2 is 1.91 bits per heavy atom. The van der Waals surface area contributed by atoms with Gasteiger partial charge in [-0.15, -0.1) is 0 Å². The van der Waals surface area contributed by atoms with Gasteiger partial charge in [0.2, 0.25) is 0 Å². The first-order chi connectivity index (χ1) is 16.5. The van der Waals surface area contributed by atoms with E-state index in [0.717, 1.165) is 11.1 Å². The lowest BCUT2D eigenvalue weighted by molar-refractivity contribution is -0.0295. The third-order valence-electron chi connectivity index (χ3n) is 5.92. The molecule has 0 bridgehead atoms. The summed E-state index contributed by atoms with van der Waals surface area (Å²) < 4.78 is 26.7. The van der Waals surface area contributed by atoms with E-state index in [-0.39, 0.29) is 5.82 Å². The number of hydrogen-bond acceptors (Lipinski definition) is 7. The van der Waals surface area contributed by atoms with Gasteiger partial charge in [-0.1, -0.05) is 12.1 Å². The van der Waals surface area contributed by atoms with Gasteiger partial charge in [0.1, 0.15) is 41.6 Å². The lowest BCUT2D eigenvalue weighted by atomic mass is 10.1. The second-order valence-corrected chi connectivity index (χ2v) is 8.18. The fourth-order valence-electron chi connectivity index (χ4n) is 4.24. The molecular weight excluding hydrogens is 439 g/mol. The quantitative estimate of drug-likeness (QED) is 0.396. The van der Waals surface area contributed by atoms with Crippen molar-refractivity contribution in [3.8, 4) is 16.9 Å². The van der Waals surface area contributed by atoms with E-state index in [0.29, 0.717) is 34.9 Å². The van der Waals surface area contributed by atoms with Crippen molar-refractivity contribution >= 4 is 22.5 Å². The summed E-state index contributed by atoms with van der Waals surface area (Å²) in [5.74, 6) is 0.887. The predicted molar refractivity (Wildman–Crippen MR) is 125 cm³/mol. The highest BCUT2D eigenvalue weighted by Gasteiger charge is 2.42. The zero-order chi connectivity index (χ0) is 23.8. The number of nitrogens with one attached hydrogen (secondary N) is 1. The van der Waals surface area contributed by atoms with Crippen molar-refractivity contribution in [2.45, 2.75) is 38.4 Å². The molecule has 4 aromatic rings. The van der Waals surface area contributed by atoms with Crippen LogP contribution in [0.3, 0.4) is 0 Å². The van der Waals surface area contributed by atoms with Gasteiger partial charge in [0.05, 0.1) is 18.1 Å². The van der Waals surface area contributed by atoms with Crippen LogP contribution in [-0.4, -0.2) is 49.7 Å². The molecule has 3 N–H and O–H groups in total. The van der Waals surface area contributed by atoms with E-state index in [1.807, 2.05) is 37.4 Å². The summed E-state index contributed by atoms with van der Waals surface area (Å²) in [6, 6.07) is 13.6. The standard InChI is InChI=1S/C25H25FN4O4/c1-3-33-18-6-4-5-15(11-18)19-12-30(25-22(32)21(31)14(2)34-25)24-20(19)23(27-13-28-24)29-17-9-7-16(26)8-10-17/h4-14,21-22,25,31-32H,3H2,1-2H3,(H,27,28,29)/t14-,21-,22-,25-/m1/s1. The normalized spacial score (nSPS) is 22.3. The van der Waals surface area contributed by atoms with Crippen LogP contribution >= 0.6 is 0 Å². The molecular formula is C25H25FN4O4. The van der Waals surface area contributed by atoms with Gasteiger partial charge >= 0.3 is 0 Å². The van der Waals surface area contributed by atoms with Gasteiger partial charge in [-0.3, -0.25) is 0 Å². The van der Waals surface area contributed by atoms with Crippen molar-refractivity contribution in [3.63, 3.8) is 0 Å². The van der Waals surface area contributed by atoms with Crippen LogP contribution in [0.1, 0.15) is 20.1 Å². The number of nitrogens with zero attached hydrogens (tertiary/aromatic N) is 3. The number of benzene rings is 2. The number of halogens is 1. The molecule has 8 nitrogen and oxygen atoms in total. The monoisotopic (exact) mass is 464 g/mol. The van der Waals surface area contributed by atoms with Crippen molar-refractivity contribution in [1.29, 1.82) is 0 Å². The Morgan fingerprint density at radius 3 is 2.62 bits per heavy atom. The Balaban J connectivity index is 1.69. The zero-order valence-corrected chi connectivity index (χ0v) is 18.7. The number of aromatic nitrogens is 3. The van der Waals surface area contributed by atoms with Gasteiger partial charge in [0.15, 0.2) is 6.23 Å². The summed E-state index contributed by atoms with van der Waals surface area (Å²) in [7, 11) is 0. The lowest BCUT2D eigenvalue weighted by Gasteiger charge is -2.17. The molecule has 2 aromatic carbocycles. The molecule has 0 aliphatic carbocycles. The molecule has 0 radical (unpaired) electrons. The van der Waals surface area contributed by atoms with Crippen LogP contribution in [0.25, 0.3) is 22.2 Å². The summed E-state index contributed by atoms with van der Waals surface area (Å²) in [5.41, 5.74) is 2.81. The summed E-state index contributed by atoms with van der Waals surface area (Å²) in [5, 5.41) is 24.9. The van der Waals surface area contributed by atoms with Crippen molar-refractivity contribution in [2.24, 2.45) is 0 Å². The van der Waals surface area contributed by atoms with E-state index in [1.165, 1.54) is 18.5 Å². The average Bonchev–Trinajstić information content (AvgIpc) is 3.34. The van der Waals surface area contributed by atoms with Crippen molar-refractivity contribution in [3.05, 3.63) is 66.9 Å². The van der Waals surface area contributed by atoms with Crippen LogP contribution in [0, 0.1) is 5.82 Å². The molecule has 0 amide bonds. The third-order valence-corrected chi connectivity index (χ3v) is 5.92. The van der Waals surface area contributed by atoms with Crippen LogP contribution in [0.4, 0.5) is 15.9 Å². The molecule has 0 saturated carbocycles. The molecule has 5 rings (SSSR count). The summed E-state index contributed by atoms with van der Waals surface area (Å²) in [4.78, 5) is 8.92. The maximum atomic E-state index is 13.4. The average molecular weight is 464 g/mol. The first-order valence-corrected chi connectivity index (χ1v) is 11.1. The highest BCUT2D eigenvalue weighted by atomic mass is 19.1. The molecule has 1 fully saturated rings. The van der Waals surface area contributed by atoms with Gasteiger partial charge in [-0.25, -0.2) is 14.4 Å². The van der Waals surface area contributed by atoms with Crippen molar-refractivity contribution < 1.29 is 24.1 Å². The minimum atomic E-state index is -1.13. The predicted octanol–water partition coefficient (Wildman–Crippen LogP) is 4.02. The smallest absolute Gasteiger partial charge is 0.164 e. The maximum Gasteiger partial charge on any atom is 0.164 e. The number of fused-ring (bicyclic) bond motifs is 1. The van der Waals surface area contributed by atoms with Gasteiger partial charge in [0.25, 0.3) is 0 Å². The number of aliphatic hydroxyl groups is 2. The number of ether oxygens (including phenoxy) is 2. The summed E-state index contributed by atoms with van der Waals surface area (Å²) in [6.07, 6.45) is -0.279. The van der Waals surface area contributed by atoms with Gasteiger partial charge in [-0.2, -0.15) is 0 Å². The number of rotatable bonds is 6. The molecule has 9 heteroatoms. The molecule has 1 saturated heterocycles. The number of anilines is 2. The molecule has 176 valence electrons. The molecule has 0 spiro atoms. The Labute approximate surface area is 195 Å². The lowest BCUT2D eigenvalue weighted by Crippen LogP contribution is -2.30. The van der Waals surface area contributed by atoms with Gasteiger partial charge < -0.3 is 29.6 Å². The van der Waals surface area contributed by atoms with E-state index in [9.17, 15) is 14.6 Å². The van der Waals surface area contributed by atoms with E-state index >= 15 is 0 Å². The van der Waals surface area contributed by atoms with E-state index in [2.05, 4.69) is 15.3 Å². The number of aliphatic hydroxyl groups excluding tert-OH is 2. The maximum absolute atomic E-state index is 13.4. The van der Waals surface area contributed by atoms with Crippen LogP contribution in [0.15, 0.2) is 61.1 Å². The minimum Gasteiger partial charge on any atom is -0.494 e. The highest BCUT2D eigenvalue weighted by molar-refractivity contribution is 6.02. The second-order valence-electron chi connectivity index (χ2n) is 8.18. The molecule has 34 heavy (non-hydrogen) atoms. The molecule has 3 heterocycles. The Hall–Kier alpha value is -3.53. The first-order valence-electron chi connectivity index (χ1n) is 11.1. The molecule has 1 aliphatic heterocycles. The second kappa shape index (κ2) is 9.02. The minimum absolute atomic E-state index is 0.335. The zero-order valence-electron chi connectivity index (χ0n) is 18.7. The van der Waals surface area contributed by atoms with E-state index in [1.54, 1.807) is 23.6 Å². The van der Waals surface area contributed by atoms with Gasteiger partial charge in [0, 0.05) is 17.4 Å². The summed E-state index contributed by atoms with van der Waals surface area (Å²) in [6.45, 7) is 4.16.